The van der Waals surface area contributed by atoms with E-state index in [0.29, 0.717) is 17.7 Å². The molecule has 2 rings (SSSR count). The van der Waals surface area contributed by atoms with Crippen LogP contribution < -0.4 is 5.32 Å². The van der Waals surface area contributed by atoms with E-state index in [1.165, 1.54) is 36.4 Å². The van der Waals surface area contributed by atoms with Gasteiger partial charge in [0.25, 0.3) is 5.91 Å². The average molecular weight is 232 g/mol. The highest BCUT2D eigenvalue weighted by molar-refractivity contribution is 6.03. The highest BCUT2D eigenvalue weighted by atomic mass is 19.1. The number of anilines is 1. The lowest BCUT2D eigenvalue weighted by Crippen LogP contribution is -2.12. The first-order valence-corrected chi connectivity index (χ1v) is 4.90. The molecule has 1 amide bonds. The molecule has 0 fully saturated rings. The lowest BCUT2D eigenvalue weighted by molar-refractivity contribution is 0.102. The number of carbonyl (C=O) groups excluding carboxylic acids is 2. The number of nitrogens with one attached hydrogen (secondary N) is 2. The SMILES string of the molecule is O=Cc1ccc(C(=O)Nc2ccc(F)cc2)[nH]1. The van der Waals surface area contributed by atoms with Gasteiger partial charge in [0.05, 0.1) is 5.69 Å². The summed E-state index contributed by atoms with van der Waals surface area (Å²) < 4.78 is 12.6. The van der Waals surface area contributed by atoms with Crippen molar-refractivity contribution in [2.75, 3.05) is 5.32 Å². The Balaban J connectivity index is 2.11. The normalized spacial score (nSPS) is 9.94. The van der Waals surface area contributed by atoms with Gasteiger partial charge in [-0.2, -0.15) is 0 Å². The van der Waals surface area contributed by atoms with Crippen molar-refractivity contribution < 1.29 is 14.0 Å². The molecule has 0 saturated carbocycles. The van der Waals surface area contributed by atoms with Crippen LogP contribution in [0.5, 0.6) is 0 Å². The van der Waals surface area contributed by atoms with Crippen molar-refractivity contribution >= 4 is 17.9 Å². The van der Waals surface area contributed by atoms with E-state index < -0.39 is 0 Å². The van der Waals surface area contributed by atoms with Crippen molar-refractivity contribution in [2.24, 2.45) is 0 Å². The maximum absolute atomic E-state index is 12.6. The second-order valence-electron chi connectivity index (χ2n) is 3.41. The van der Waals surface area contributed by atoms with Gasteiger partial charge in [0.2, 0.25) is 0 Å². The van der Waals surface area contributed by atoms with Crippen LogP contribution in [-0.2, 0) is 0 Å². The summed E-state index contributed by atoms with van der Waals surface area (Å²) in [5.41, 5.74) is 1.09. The number of amides is 1. The number of hydrogen-bond acceptors (Lipinski definition) is 2. The summed E-state index contributed by atoms with van der Waals surface area (Å²) in [5, 5.41) is 2.57. The van der Waals surface area contributed by atoms with Gasteiger partial charge in [-0.3, -0.25) is 9.59 Å². The van der Waals surface area contributed by atoms with E-state index in [9.17, 15) is 14.0 Å². The van der Waals surface area contributed by atoms with Crippen LogP contribution in [0.4, 0.5) is 10.1 Å². The monoisotopic (exact) mass is 232 g/mol. The van der Waals surface area contributed by atoms with E-state index in [2.05, 4.69) is 10.3 Å². The van der Waals surface area contributed by atoms with Crippen molar-refractivity contribution in [2.45, 2.75) is 0 Å². The standard InChI is InChI=1S/C12H9FN2O2/c13-8-1-3-9(4-2-8)15-12(17)11-6-5-10(7-16)14-11/h1-7,14H,(H,15,17). The first-order valence-electron chi connectivity index (χ1n) is 4.90. The molecule has 0 atom stereocenters. The molecular formula is C12H9FN2O2. The summed E-state index contributed by atoms with van der Waals surface area (Å²) in [6, 6.07) is 8.42. The molecular weight excluding hydrogens is 223 g/mol. The predicted octanol–water partition coefficient (Wildman–Crippen LogP) is 2.22. The summed E-state index contributed by atoms with van der Waals surface area (Å²) >= 11 is 0. The third-order valence-corrected chi connectivity index (χ3v) is 2.18. The molecule has 1 aromatic carbocycles. The van der Waals surface area contributed by atoms with Crippen molar-refractivity contribution in [3.63, 3.8) is 0 Å². The molecule has 1 aromatic heterocycles. The predicted molar refractivity (Wildman–Crippen MR) is 60.5 cm³/mol. The van der Waals surface area contributed by atoms with Crippen LogP contribution in [0.1, 0.15) is 21.0 Å². The number of aromatic amines is 1. The summed E-state index contributed by atoms with van der Waals surface area (Å²) in [7, 11) is 0. The van der Waals surface area contributed by atoms with Crippen LogP contribution in [0, 0.1) is 5.82 Å². The molecule has 86 valence electrons. The third kappa shape index (κ3) is 2.57. The third-order valence-electron chi connectivity index (χ3n) is 2.18. The van der Waals surface area contributed by atoms with E-state index >= 15 is 0 Å². The van der Waals surface area contributed by atoms with Gasteiger partial charge in [-0.1, -0.05) is 0 Å². The average Bonchev–Trinajstić information content (AvgIpc) is 2.81. The Labute approximate surface area is 96.5 Å². The number of H-pyrrole nitrogens is 1. The number of halogens is 1. The van der Waals surface area contributed by atoms with Gasteiger partial charge in [-0.05, 0) is 36.4 Å². The molecule has 0 aliphatic heterocycles. The van der Waals surface area contributed by atoms with E-state index in [4.69, 9.17) is 0 Å². The quantitative estimate of drug-likeness (QED) is 0.797. The number of carbonyl (C=O) groups is 2. The zero-order valence-electron chi connectivity index (χ0n) is 8.74. The first-order chi connectivity index (χ1) is 8.19. The van der Waals surface area contributed by atoms with Gasteiger partial charge in [-0.25, -0.2) is 4.39 Å². The minimum atomic E-state index is -0.385. The molecule has 0 radical (unpaired) electrons. The van der Waals surface area contributed by atoms with Crippen LogP contribution in [0.2, 0.25) is 0 Å². The van der Waals surface area contributed by atoms with Crippen LogP contribution in [0.3, 0.4) is 0 Å². The number of benzene rings is 1. The van der Waals surface area contributed by atoms with Crippen molar-refractivity contribution in [1.29, 1.82) is 0 Å². The first kappa shape index (κ1) is 11.1. The van der Waals surface area contributed by atoms with Gasteiger partial charge in [-0.15, -0.1) is 0 Å². The maximum Gasteiger partial charge on any atom is 0.272 e. The topological polar surface area (TPSA) is 62.0 Å². The lowest BCUT2D eigenvalue weighted by Gasteiger charge is -2.02. The summed E-state index contributed by atoms with van der Waals surface area (Å²) in [4.78, 5) is 24.7. The minimum absolute atomic E-state index is 0.274. The van der Waals surface area contributed by atoms with Crippen molar-refractivity contribution in [3.8, 4) is 0 Å². The fraction of sp³-hybridized carbons (Fsp3) is 0. The fourth-order valence-electron chi connectivity index (χ4n) is 1.34. The maximum atomic E-state index is 12.6. The smallest absolute Gasteiger partial charge is 0.272 e. The number of aromatic nitrogens is 1. The van der Waals surface area contributed by atoms with Gasteiger partial charge in [0.1, 0.15) is 11.5 Å². The second-order valence-corrected chi connectivity index (χ2v) is 3.41. The van der Waals surface area contributed by atoms with Gasteiger partial charge < -0.3 is 10.3 Å². The highest BCUT2D eigenvalue weighted by Gasteiger charge is 2.08. The molecule has 0 aliphatic carbocycles. The zero-order valence-corrected chi connectivity index (χ0v) is 8.74. The van der Waals surface area contributed by atoms with E-state index in [-0.39, 0.29) is 17.4 Å². The number of hydrogen-bond donors (Lipinski definition) is 2. The second kappa shape index (κ2) is 4.61. The summed E-state index contributed by atoms with van der Waals surface area (Å²) in [5.74, 6) is -0.754. The van der Waals surface area contributed by atoms with Gasteiger partial charge >= 0.3 is 0 Å². The van der Waals surface area contributed by atoms with Gasteiger partial charge in [0.15, 0.2) is 6.29 Å². The molecule has 0 spiro atoms. The molecule has 0 unspecified atom stereocenters. The molecule has 2 aromatic rings. The number of rotatable bonds is 3. The van der Waals surface area contributed by atoms with Crippen molar-refractivity contribution in [3.05, 3.63) is 53.6 Å². The zero-order chi connectivity index (χ0) is 12.3. The Morgan fingerprint density at radius 2 is 1.88 bits per heavy atom. The molecule has 17 heavy (non-hydrogen) atoms. The molecule has 0 aliphatic rings. The highest BCUT2D eigenvalue weighted by Crippen LogP contribution is 2.10. The minimum Gasteiger partial charge on any atom is -0.348 e. The summed E-state index contributed by atoms with van der Waals surface area (Å²) in [6.45, 7) is 0. The van der Waals surface area contributed by atoms with E-state index in [1.54, 1.807) is 0 Å². The molecule has 2 N–H and O–H groups in total. The molecule has 4 nitrogen and oxygen atoms in total. The summed E-state index contributed by atoms with van der Waals surface area (Å²) in [6.07, 6.45) is 0.620. The number of aldehydes is 1. The molecule has 5 heteroatoms. The lowest BCUT2D eigenvalue weighted by atomic mass is 10.3. The van der Waals surface area contributed by atoms with Crippen molar-refractivity contribution in [1.82, 2.24) is 4.98 Å². The Bertz CT molecular complexity index is 546. The molecule has 0 saturated heterocycles. The van der Waals surface area contributed by atoms with E-state index in [0.717, 1.165) is 0 Å². The van der Waals surface area contributed by atoms with Gasteiger partial charge in [0, 0.05) is 5.69 Å². The van der Waals surface area contributed by atoms with Crippen LogP contribution in [-0.4, -0.2) is 17.2 Å². The largest absolute Gasteiger partial charge is 0.348 e. The molecule has 0 bridgehead atoms. The Hall–Kier alpha value is -2.43. The molecule has 1 heterocycles. The van der Waals surface area contributed by atoms with Crippen LogP contribution in [0.25, 0.3) is 0 Å². The van der Waals surface area contributed by atoms with Crippen LogP contribution >= 0.6 is 0 Å². The fourth-order valence-corrected chi connectivity index (χ4v) is 1.34. The Morgan fingerprint density at radius 3 is 2.47 bits per heavy atom. The Kier molecular flexibility index (Phi) is 3.00. The van der Waals surface area contributed by atoms with E-state index in [1.807, 2.05) is 0 Å². The Morgan fingerprint density at radius 1 is 1.18 bits per heavy atom. The van der Waals surface area contributed by atoms with Crippen LogP contribution in [0.15, 0.2) is 36.4 Å².